The summed E-state index contributed by atoms with van der Waals surface area (Å²) >= 11 is 4.12. The maximum atomic E-state index is 14.3. The second-order valence-electron chi connectivity index (χ2n) is 9.66. The summed E-state index contributed by atoms with van der Waals surface area (Å²) in [5.74, 6) is -12.7. The molecular formula is C32H21BrF7N3O3S. The molecule has 1 atom stereocenters. The van der Waals surface area contributed by atoms with Crippen molar-refractivity contribution in [2.24, 2.45) is 0 Å². The quantitative estimate of drug-likeness (QED) is 0.0695. The van der Waals surface area contributed by atoms with Crippen molar-refractivity contribution in [3.8, 4) is 0 Å². The van der Waals surface area contributed by atoms with Crippen LogP contribution in [0, 0.1) is 23.3 Å². The highest BCUT2D eigenvalue weighted by atomic mass is 79.9. The van der Waals surface area contributed by atoms with E-state index in [1.165, 1.54) is 37.3 Å². The summed E-state index contributed by atoms with van der Waals surface area (Å²) in [6.07, 6.45) is -4.27. The Morgan fingerprint density at radius 2 is 1.43 bits per heavy atom. The standard InChI is InChI=1S/C32H21BrF7N3O3S/c1-16(29(44)43-28-26(36)24(34)23(32(38,39)40)25(35)27(28)37)47-21-9-5-8-20(15-21)41-31(46)22(14-17-10-12-19(33)13-11-17)42-30(45)18-6-3-2-4-7-18/h2-16H,1H3,(H,41,46)(H,42,45)(H,43,44)/b22-14+. The van der Waals surface area contributed by atoms with Crippen LogP contribution in [0.15, 0.2) is 93.9 Å². The third kappa shape index (κ3) is 8.80. The summed E-state index contributed by atoms with van der Waals surface area (Å²) in [4.78, 5) is 39.1. The fraction of sp³-hybridized carbons (Fsp3) is 0.0938. The van der Waals surface area contributed by atoms with Gasteiger partial charge in [-0.25, -0.2) is 17.6 Å². The monoisotopic (exact) mass is 739 g/mol. The van der Waals surface area contributed by atoms with Crippen molar-refractivity contribution in [1.82, 2.24) is 5.32 Å². The Kier molecular flexibility index (Phi) is 11.1. The topological polar surface area (TPSA) is 87.3 Å². The van der Waals surface area contributed by atoms with E-state index in [1.807, 2.05) is 0 Å². The zero-order chi connectivity index (χ0) is 34.5. The van der Waals surface area contributed by atoms with Crippen LogP contribution in [0.3, 0.4) is 0 Å². The Morgan fingerprint density at radius 1 is 0.809 bits per heavy atom. The number of anilines is 2. The number of benzene rings is 4. The van der Waals surface area contributed by atoms with Gasteiger partial charge in [-0.15, -0.1) is 11.8 Å². The van der Waals surface area contributed by atoms with Crippen molar-refractivity contribution in [2.75, 3.05) is 10.6 Å². The van der Waals surface area contributed by atoms with Crippen LogP contribution < -0.4 is 16.0 Å². The first-order valence-corrected chi connectivity index (χ1v) is 15.0. The lowest BCUT2D eigenvalue weighted by atomic mass is 10.1. The molecule has 3 N–H and O–H groups in total. The van der Waals surface area contributed by atoms with Crippen LogP contribution in [0.1, 0.15) is 28.4 Å². The number of hydrogen-bond donors (Lipinski definition) is 3. The van der Waals surface area contributed by atoms with Gasteiger partial charge in [0.15, 0.2) is 23.3 Å². The minimum atomic E-state index is -5.73. The Balaban J connectivity index is 1.50. The minimum absolute atomic E-state index is 0.105. The Bertz CT molecular complexity index is 1820. The van der Waals surface area contributed by atoms with Crippen molar-refractivity contribution in [2.45, 2.75) is 23.2 Å². The molecule has 0 fully saturated rings. The zero-order valence-electron chi connectivity index (χ0n) is 23.8. The van der Waals surface area contributed by atoms with Gasteiger partial charge in [0, 0.05) is 20.6 Å². The van der Waals surface area contributed by atoms with Gasteiger partial charge in [0.2, 0.25) is 5.91 Å². The maximum Gasteiger partial charge on any atom is 0.422 e. The number of nitrogens with one attached hydrogen (secondary N) is 3. The molecule has 0 radical (unpaired) electrons. The molecule has 6 nitrogen and oxygen atoms in total. The molecule has 0 aromatic heterocycles. The normalized spacial score (nSPS) is 12.3. The highest BCUT2D eigenvalue weighted by Crippen LogP contribution is 2.39. The van der Waals surface area contributed by atoms with E-state index in [4.69, 9.17) is 0 Å². The van der Waals surface area contributed by atoms with E-state index in [2.05, 4.69) is 26.6 Å². The van der Waals surface area contributed by atoms with Gasteiger partial charge in [0.1, 0.15) is 16.9 Å². The van der Waals surface area contributed by atoms with Crippen LogP contribution in [0.25, 0.3) is 6.08 Å². The molecule has 0 aliphatic rings. The van der Waals surface area contributed by atoms with Crippen LogP contribution in [-0.2, 0) is 15.8 Å². The molecule has 47 heavy (non-hydrogen) atoms. The molecule has 4 rings (SSSR count). The Morgan fingerprint density at radius 3 is 2.02 bits per heavy atom. The van der Waals surface area contributed by atoms with Gasteiger partial charge >= 0.3 is 6.18 Å². The number of rotatable bonds is 9. The van der Waals surface area contributed by atoms with Crippen LogP contribution in [-0.4, -0.2) is 23.0 Å². The molecule has 4 aromatic carbocycles. The SMILES string of the molecule is CC(Sc1cccc(NC(=O)/C(=C\c2ccc(Br)cc2)NC(=O)c2ccccc2)c1)C(=O)Nc1c(F)c(F)c(C(F)(F)F)c(F)c1F. The number of amides is 3. The molecule has 0 heterocycles. The van der Waals surface area contributed by atoms with Gasteiger partial charge in [-0.3, -0.25) is 14.4 Å². The predicted molar refractivity (Wildman–Crippen MR) is 166 cm³/mol. The third-order valence-electron chi connectivity index (χ3n) is 6.28. The highest BCUT2D eigenvalue weighted by Gasteiger charge is 2.42. The van der Waals surface area contributed by atoms with Gasteiger partial charge in [-0.1, -0.05) is 52.3 Å². The number of carbonyl (C=O) groups excluding carboxylic acids is 3. The number of alkyl halides is 3. The van der Waals surface area contributed by atoms with E-state index >= 15 is 0 Å². The van der Waals surface area contributed by atoms with Gasteiger partial charge in [-0.2, -0.15) is 13.2 Å². The summed E-state index contributed by atoms with van der Waals surface area (Å²) in [6.45, 7) is 1.26. The fourth-order valence-corrected chi connectivity index (χ4v) is 5.18. The fourth-order valence-electron chi connectivity index (χ4n) is 3.99. The lowest BCUT2D eigenvalue weighted by molar-refractivity contribution is -0.143. The molecule has 0 spiro atoms. The average Bonchev–Trinajstić information content (AvgIpc) is 3.02. The van der Waals surface area contributed by atoms with Crippen molar-refractivity contribution in [3.63, 3.8) is 0 Å². The number of hydrogen-bond acceptors (Lipinski definition) is 4. The highest BCUT2D eigenvalue weighted by molar-refractivity contribution is 9.10. The minimum Gasteiger partial charge on any atom is -0.321 e. The first kappa shape index (κ1) is 35.2. The number of halogens is 8. The second kappa shape index (κ2) is 14.9. The van der Waals surface area contributed by atoms with E-state index in [9.17, 15) is 45.1 Å². The van der Waals surface area contributed by atoms with E-state index in [1.54, 1.807) is 59.9 Å². The molecule has 0 aliphatic carbocycles. The lowest BCUT2D eigenvalue weighted by Gasteiger charge is -2.17. The van der Waals surface area contributed by atoms with E-state index < -0.39 is 63.7 Å². The molecule has 0 saturated heterocycles. The van der Waals surface area contributed by atoms with Crippen molar-refractivity contribution in [1.29, 1.82) is 0 Å². The maximum absolute atomic E-state index is 14.3. The van der Waals surface area contributed by atoms with Gasteiger partial charge in [0.25, 0.3) is 11.8 Å². The largest absolute Gasteiger partial charge is 0.422 e. The van der Waals surface area contributed by atoms with Crippen molar-refractivity contribution in [3.05, 3.63) is 129 Å². The first-order valence-electron chi connectivity index (χ1n) is 13.3. The zero-order valence-corrected chi connectivity index (χ0v) is 26.2. The number of thioether (sulfide) groups is 1. The van der Waals surface area contributed by atoms with E-state index in [0.29, 0.717) is 16.0 Å². The lowest BCUT2D eigenvalue weighted by Crippen LogP contribution is -2.30. The average molecular weight is 740 g/mol. The Hall–Kier alpha value is -4.63. The molecule has 1 unspecified atom stereocenters. The molecule has 0 bridgehead atoms. The van der Waals surface area contributed by atoms with E-state index in [-0.39, 0.29) is 11.4 Å². The Labute approximate surface area is 275 Å². The van der Waals surface area contributed by atoms with E-state index in [0.717, 1.165) is 16.2 Å². The summed E-state index contributed by atoms with van der Waals surface area (Å²) in [7, 11) is 0. The molecule has 4 aromatic rings. The molecular weight excluding hydrogens is 719 g/mol. The van der Waals surface area contributed by atoms with Crippen molar-refractivity contribution >= 4 is 62.9 Å². The molecule has 244 valence electrons. The predicted octanol–water partition coefficient (Wildman–Crippen LogP) is 8.55. The number of carbonyl (C=O) groups is 3. The van der Waals surface area contributed by atoms with Crippen LogP contribution in [0.2, 0.25) is 0 Å². The van der Waals surface area contributed by atoms with Crippen molar-refractivity contribution < 1.29 is 45.1 Å². The third-order valence-corrected chi connectivity index (χ3v) is 7.90. The van der Waals surface area contributed by atoms with Gasteiger partial charge in [0.05, 0.1) is 5.25 Å². The molecule has 0 aliphatic heterocycles. The summed E-state index contributed by atoms with van der Waals surface area (Å²) in [6, 6.07) is 21.0. The van der Waals surface area contributed by atoms with Gasteiger partial charge in [-0.05, 0) is 61.0 Å². The summed E-state index contributed by atoms with van der Waals surface area (Å²) < 4.78 is 95.9. The van der Waals surface area contributed by atoms with Crippen LogP contribution in [0.4, 0.5) is 42.1 Å². The first-order chi connectivity index (χ1) is 22.1. The van der Waals surface area contributed by atoms with Crippen LogP contribution >= 0.6 is 27.7 Å². The smallest absolute Gasteiger partial charge is 0.321 e. The van der Waals surface area contributed by atoms with Gasteiger partial charge < -0.3 is 16.0 Å². The second-order valence-corrected chi connectivity index (χ2v) is 12.0. The van der Waals surface area contributed by atoms with Crippen LogP contribution in [0.5, 0.6) is 0 Å². The molecule has 0 saturated carbocycles. The summed E-state index contributed by atoms with van der Waals surface area (Å²) in [5.41, 5.74) is -3.47. The summed E-state index contributed by atoms with van der Waals surface area (Å²) in [5, 5.41) is 5.63. The molecule has 3 amide bonds. The molecule has 15 heteroatoms.